The Bertz CT molecular complexity index is 869. The molecule has 0 saturated carbocycles. The molecule has 0 spiro atoms. The zero-order chi connectivity index (χ0) is 18.0. The second-order valence-corrected chi connectivity index (χ2v) is 8.57. The molecule has 1 fully saturated rings. The van der Waals surface area contributed by atoms with Gasteiger partial charge in [0, 0.05) is 23.7 Å². The molecule has 0 aliphatic carbocycles. The number of anilines is 2. The molecule has 2 heterocycles. The molecule has 1 aromatic carbocycles. The van der Waals surface area contributed by atoms with E-state index in [0.717, 1.165) is 0 Å². The maximum atomic E-state index is 12.1. The number of benzene rings is 1. The number of nitrogens with one attached hydrogen (secondary N) is 1. The first-order valence-electron chi connectivity index (χ1n) is 7.68. The molecule has 1 atom stereocenters. The van der Waals surface area contributed by atoms with Crippen LogP contribution in [0, 0.1) is 0 Å². The third kappa shape index (κ3) is 4.26. The van der Waals surface area contributed by atoms with Gasteiger partial charge in [-0.3, -0.25) is 4.79 Å². The van der Waals surface area contributed by atoms with Gasteiger partial charge in [0.15, 0.2) is 21.5 Å². The molecule has 1 amide bonds. The fourth-order valence-corrected chi connectivity index (χ4v) is 4.54. The Balaban J connectivity index is 1.66. The Morgan fingerprint density at radius 3 is 2.48 bits per heavy atom. The van der Waals surface area contributed by atoms with Gasteiger partial charge in [-0.25, -0.2) is 8.42 Å². The monoisotopic (exact) mass is 380 g/mol. The quantitative estimate of drug-likeness (QED) is 0.872. The molecule has 132 valence electrons. The fourth-order valence-electron chi connectivity index (χ4n) is 2.64. The molecule has 1 aromatic heterocycles. The number of aromatic nitrogens is 2. The van der Waals surface area contributed by atoms with Crippen molar-refractivity contribution >= 4 is 39.0 Å². The molecule has 1 saturated heterocycles. The minimum absolute atomic E-state index is 0.103. The first-order chi connectivity index (χ1) is 11.8. The zero-order valence-electron chi connectivity index (χ0n) is 13.5. The Morgan fingerprint density at radius 2 is 1.92 bits per heavy atom. The molecule has 7 nitrogen and oxygen atoms in total. The van der Waals surface area contributed by atoms with Gasteiger partial charge in [0.05, 0.1) is 11.5 Å². The normalized spacial score (nSPS) is 18.7. The van der Waals surface area contributed by atoms with E-state index in [2.05, 4.69) is 15.5 Å². The van der Waals surface area contributed by atoms with E-state index >= 15 is 0 Å². The molecule has 3 rings (SSSR count). The van der Waals surface area contributed by atoms with E-state index < -0.39 is 9.84 Å². The van der Waals surface area contributed by atoms with Crippen LogP contribution in [0.25, 0.3) is 0 Å². The van der Waals surface area contributed by atoms with E-state index in [0.29, 0.717) is 28.6 Å². The molecule has 1 unspecified atom stereocenters. The van der Waals surface area contributed by atoms with Crippen LogP contribution < -0.4 is 10.2 Å². The predicted octanol–water partition coefficient (Wildman–Crippen LogP) is 2.01. The topological polar surface area (TPSA) is 92.3 Å². The van der Waals surface area contributed by atoms with Crippen LogP contribution in [0.2, 0.25) is 5.02 Å². The van der Waals surface area contributed by atoms with Gasteiger partial charge < -0.3 is 10.2 Å². The summed E-state index contributed by atoms with van der Waals surface area (Å²) >= 11 is 5.80. The maximum absolute atomic E-state index is 12.1. The first kappa shape index (κ1) is 17.6. The molecule has 1 N–H and O–H groups in total. The van der Waals surface area contributed by atoms with Crippen LogP contribution in [0.1, 0.15) is 16.8 Å². The van der Waals surface area contributed by atoms with Gasteiger partial charge in [0.1, 0.15) is 0 Å². The number of halogens is 1. The van der Waals surface area contributed by atoms with Crippen LogP contribution in [-0.2, 0) is 9.84 Å². The van der Waals surface area contributed by atoms with Crippen molar-refractivity contribution in [3.63, 3.8) is 0 Å². The molecule has 1 aliphatic rings. The summed E-state index contributed by atoms with van der Waals surface area (Å²) in [6.45, 7) is 0. The lowest BCUT2D eigenvalue weighted by Gasteiger charge is -2.23. The molecular formula is C16H17ClN4O3S. The molecule has 2 aromatic rings. The van der Waals surface area contributed by atoms with Crippen LogP contribution >= 0.6 is 11.6 Å². The second kappa shape index (κ2) is 6.97. The van der Waals surface area contributed by atoms with E-state index in [1.165, 1.54) is 0 Å². The Labute approximate surface area is 150 Å². The summed E-state index contributed by atoms with van der Waals surface area (Å²) in [6.07, 6.45) is 0.579. The highest BCUT2D eigenvalue weighted by Gasteiger charge is 2.31. The summed E-state index contributed by atoms with van der Waals surface area (Å²) < 4.78 is 23.2. The average Bonchev–Trinajstić information content (AvgIpc) is 2.95. The van der Waals surface area contributed by atoms with Gasteiger partial charge in [-0.2, -0.15) is 0 Å². The fraction of sp³-hybridized carbons (Fsp3) is 0.312. The number of sulfone groups is 1. The van der Waals surface area contributed by atoms with Crippen LogP contribution in [0.4, 0.5) is 11.6 Å². The lowest BCUT2D eigenvalue weighted by molar-refractivity contribution is 0.102. The third-order valence-electron chi connectivity index (χ3n) is 4.12. The lowest BCUT2D eigenvalue weighted by atomic mass is 10.2. The minimum atomic E-state index is -2.96. The molecule has 9 heteroatoms. The summed E-state index contributed by atoms with van der Waals surface area (Å²) in [7, 11) is -1.17. The van der Waals surface area contributed by atoms with Crippen molar-refractivity contribution < 1.29 is 13.2 Å². The standard InChI is InChI=1S/C16H17ClN4O3S/c1-21(13-8-9-25(23,24)10-13)15-7-6-14(19-20-15)18-16(22)11-2-4-12(17)5-3-11/h2-7,13H,8-10H2,1H3,(H,18,19,22). The molecular weight excluding hydrogens is 364 g/mol. The first-order valence-corrected chi connectivity index (χ1v) is 9.88. The van der Waals surface area contributed by atoms with Gasteiger partial charge in [0.25, 0.3) is 5.91 Å². The molecule has 25 heavy (non-hydrogen) atoms. The number of amides is 1. The van der Waals surface area contributed by atoms with Crippen LogP contribution in [0.5, 0.6) is 0 Å². The van der Waals surface area contributed by atoms with Crippen molar-refractivity contribution in [1.82, 2.24) is 10.2 Å². The van der Waals surface area contributed by atoms with E-state index in [1.54, 1.807) is 43.4 Å². The van der Waals surface area contributed by atoms with Gasteiger partial charge in [-0.1, -0.05) is 11.6 Å². The van der Waals surface area contributed by atoms with Crippen molar-refractivity contribution in [2.45, 2.75) is 12.5 Å². The number of carbonyl (C=O) groups is 1. The smallest absolute Gasteiger partial charge is 0.256 e. The summed E-state index contributed by atoms with van der Waals surface area (Å²) in [6, 6.07) is 9.74. The van der Waals surface area contributed by atoms with Crippen molar-refractivity contribution in [2.24, 2.45) is 0 Å². The number of nitrogens with zero attached hydrogens (tertiary/aromatic N) is 3. The van der Waals surface area contributed by atoms with E-state index in [-0.39, 0.29) is 23.5 Å². The Morgan fingerprint density at radius 1 is 1.20 bits per heavy atom. The van der Waals surface area contributed by atoms with Crippen molar-refractivity contribution in [1.29, 1.82) is 0 Å². The van der Waals surface area contributed by atoms with Crippen LogP contribution in [0.15, 0.2) is 36.4 Å². The second-order valence-electron chi connectivity index (χ2n) is 5.91. The highest BCUT2D eigenvalue weighted by atomic mass is 35.5. The Kier molecular flexibility index (Phi) is 4.91. The summed E-state index contributed by atoms with van der Waals surface area (Å²) in [5.41, 5.74) is 0.462. The van der Waals surface area contributed by atoms with E-state index in [1.807, 2.05) is 4.90 Å². The maximum Gasteiger partial charge on any atom is 0.256 e. The predicted molar refractivity (Wildman–Crippen MR) is 96.9 cm³/mol. The number of carbonyl (C=O) groups excluding carboxylic acids is 1. The highest BCUT2D eigenvalue weighted by Crippen LogP contribution is 2.21. The minimum Gasteiger partial charge on any atom is -0.354 e. The van der Waals surface area contributed by atoms with Crippen molar-refractivity contribution in [2.75, 3.05) is 28.8 Å². The summed E-state index contributed by atoms with van der Waals surface area (Å²) in [5.74, 6) is 0.891. The summed E-state index contributed by atoms with van der Waals surface area (Å²) in [5, 5.41) is 11.3. The van der Waals surface area contributed by atoms with Crippen molar-refractivity contribution in [3.8, 4) is 0 Å². The van der Waals surface area contributed by atoms with Crippen LogP contribution in [-0.4, -0.2) is 49.1 Å². The zero-order valence-corrected chi connectivity index (χ0v) is 15.1. The number of rotatable bonds is 4. The number of hydrogen-bond donors (Lipinski definition) is 1. The van der Waals surface area contributed by atoms with Gasteiger partial charge in [0.2, 0.25) is 0 Å². The molecule has 1 aliphatic heterocycles. The number of hydrogen-bond acceptors (Lipinski definition) is 6. The lowest BCUT2D eigenvalue weighted by Crippen LogP contribution is -2.33. The molecule has 0 radical (unpaired) electrons. The van der Waals surface area contributed by atoms with E-state index in [4.69, 9.17) is 11.6 Å². The van der Waals surface area contributed by atoms with E-state index in [9.17, 15) is 13.2 Å². The van der Waals surface area contributed by atoms with Crippen LogP contribution in [0.3, 0.4) is 0 Å². The SMILES string of the molecule is CN(c1ccc(NC(=O)c2ccc(Cl)cc2)nn1)C1CCS(=O)(=O)C1. The Hall–Kier alpha value is -2.19. The molecule has 0 bridgehead atoms. The third-order valence-corrected chi connectivity index (χ3v) is 6.12. The van der Waals surface area contributed by atoms with Crippen molar-refractivity contribution in [3.05, 3.63) is 47.0 Å². The summed E-state index contributed by atoms with van der Waals surface area (Å²) in [4.78, 5) is 13.9. The van der Waals surface area contributed by atoms with Gasteiger partial charge in [-0.15, -0.1) is 10.2 Å². The van der Waals surface area contributed by atoms with Gasteiger partial charge >= 0.3 is 0 Å². The van der Waals surface area contributed by atoms with Gasteiger partial charge in [-0.05, 0) is 42.8 Å². The average molecular weight is 381 g/mol. The highest BCUT2D eigenvalue weighted by molar-refractivity contribution is 7.91. The largest absolute Gasteiger partial charge is 0.354 e.